The zero-order valence-corrected chi connectivity index (χ0v) is 14.1. The Morgan fingerprint density at radius 2 is 1.96 bits per heavy atom. The Morgan fingerprint density at radius 3 is 2.72 bits per heavy atom. The van der Waals surface area contributed by atoms with E-state index in [0.717, 1.165) is 27.9 Å². The average molecular weight is 336 g/mol. The molecule has 1 atom stereocenters. The van der Waals surface area contributed by atoms with Crippen molar-refractivity contribution >= 4 is 28.7 Å². The van der Waals surface area contributed by atoms with Gasteiger partial charge in [-0.1, -0.05) is 18.2 Å². The van der Waals surface area contributed by atoms with Crippen LogP contribution in [0.4, 0.5) is 5.69 Å². The van der Waals surface area contributed by atoms with Gasteiger partial charge >= 0.3 is 0 Å². The van der Waals surface area contributed by atoms with E-state index in [1.54, 1.807) is 20.2 Å². The van der Waals surface area contributed by atoms with Crippen molar-refractivity contribution in [2.24, 2.45) is 5.10 Å². The number of para-hydroxylation sites is 1. The SMILES string of the molecule is COc1ccc(NC(C)C(=O)NN=Cc2c[nH]c3ccccc23)cc1. The smallest absolute Gasteiger partial charge is 0.262 e. The lowest BCUT2D eigenvalue weighted by molar-refractivity contribution is -0.121. The number of anilines is 1. The van der Waals surface area contributed by atoms with Gasteiger partial charge in [0.05, 0.1) is 13.3 Å². The molecule has 0 spiro atoms. The minimum atomic E-state index is -0.423. The van der Waals surface area contributed by atoms with Gasteiger partial charge in [-0.2, -0.15) is 5.10 Å². The molecule has 3 aromatic rings. The van der Waals surface area contributed by atoms with Crippen LogP contribution in [-0.4, -0.2) is 30.3 Å². The van der Waals surface area contributed by atoms with Gasteiger partial charge in [-0.05, 0) is 37.3 Å². The van der Waals surface area contributed by atoms with Crippen LogP contribution in [0.2, 0.25) is 0 Å². The fourth-order valence-corrected chi connectivity index (χ4v) is 2.47. The third kappa shape index (κ3) is 3.98. The highest BCUT2D eigenvalue weighted by atomic mass is 16.5. The Balaban J connectivity index is 1.57. The van der Waals surface area contributed by atoms with Crippen molar-refractivity contribution in [1.82, 2.24) is 10.4 Å². The number of benzene rings is 2. The normalized spacial score (nSPS) is 12.2. The summed E-state index contributed by atoms with van der Waals surface area (Å²) in [5, 5.41) is 8.23. The summed E-state index contributed by atoms with van der Waals surface area (Å²) in [4.78, 5) is 15.3. The minimum Gasteiger partial charge on any atom is -0.497 e. The van der Waals surface area contributed by atoms with Gasteiger partial charge in [0.2, 0.25) is 0 Å². The topological polar surface area (TPSA) is 78.5 Å². The molecule has 0 bridgehead atoms. The third-order valence-electron chi connectivity index (χ3n) is 3.87. The molecule has 6 heteroatoms. The van der Waals surface area contributed by atoms with Crippen molar-refractivity contribution in [3.63, 3.8) is 0 Å². The van der Waals surface area contributed by atoms with Gasteiger partial charge in [-0.3, -0.25) is 4.79 Å². The molecule has 0 aliphatic heterocycles. The first-order valence-corrected chi connectivity index (χ1v) is 7.97. The standard InChI is InChI=1S/C19H20N4O2/c1-13(22-15-7-9-16(25-2)10-8-15)19(24)23-21-12-14-11-20-18-6-4-3-5-17(14)18/h3-13,20,22H,1-2H3,(H,23,24). The zero-order chi connectivity index (χ0) is 17.6. The zero-order valence-electron chi connectivity index (χ0n) is 14.1. The van der Waals surface area contributed by atoms with Gasteiger partial charge in [-0.15, -0.1) is 0 Å². The first kappa shape index (κ1) is 16.6. The van der Waals surface area contributed by atoms with Gasteiger partial charge < -0.3 is 15.0 Å². The van der Waals surface area contributed by atoms with Crippen LogP contribution < -0.4 is 15.5 Å². The summed E-state index contributed by atoms with van der Waals surface area (Å²) in [6.07, 6.45) is 3.50. The summed E-state index contributed by atoms with van der Waals surface area (Å²) in [6, 6.07) is 14.9. The van der Waals surface area contributed by atoms with Crippen molar-refractivity contribution in [3.05, 3.63) is 60.3 Å². The number of nitrogens with zero attached hydrogens (tertiary/aromatic N) is 1. The Labute approximate surface area is 145 Å². The minimum absolute atomic E-state index is 0.216. The predicted molar refractivity (Wildman–Crippen MR) is 100 cm³/mol. The summed E-state index contributed by atoms with van der Waals surface area (Å²) in [7, 11) is 1.62. The fraction of sp³-hybridized carbons (Fsp3) is 0.158. The van der Waals surface area contributed by atoms with Gasteiger partial charge in [0, 0.05) is 28.4 Å². The highest BCUT2D eigenvalue weighted by Crippen LogP contribution is 2.16. The van der Waals surface area contributed by atoms with Gasteiger partial charge in [0.25, 0.3) is 5.91 Å². The molecule has 0 aliphatic rings. The van der Waals surface area contributed by atoms with E-state index in [-0.39, 0.29) is 5.91 Å². The molecular weight excluding hydrogens is 316 g/mol. The van der Waals surface area contributed by atoms with Crippen LogP contribution in [-0.2, 0) is 4.79 Å². The number of hydrogen-bond acceptors (Lipinski definition) is 4. The molecule has 3 rings (SSSR count). The first-order valence-electron chi connectivity index (χ1n) is 7.97. The number of methoxy groups -OCH3 is 1. The van der Waals surface area contributed by atoms with Crippen molar-refractivity contribution in [1.29, 1.82) is 0 Å². The summed E-state index contributed by atoms with van der Waals surface area (Å²) >= 11 is 0. The van der Waals surface area contributed by atoms with Crippen molar-refractivity contribution in [3.8, 4) is 5.75 Å². The molecule has 0 saturated carbocycles. The lowest BCUT2D eigenvalue weighted by atomic mass is 10.2. The summed E-state index contributed by atoms with van der Waals surface area (Å²) < 4.78 is 5.11. The largest absolute Gasteiger partial charge is 0.497 e. The van der Waals surface area contributed by atoms with Gasteiger partial charge in [-0.25, -0.2) is 5.43 Å². The van der Waals surface area contributed by atoms with Gasteiger partial charge in [0.1, 0.15) is 11.8 Å². The van der Waals surface area contributed by atoms with E-state index >= 15 is 0 Å². The fourth-order valence-electron chi connectivity index (χ4n) is 2.47. The summed E-state index contributed by atoms with van der Waals surface area (Å²) in [5.41, 5.74) is 5.35. The molecule has 3 N–H and O–H groups in total. The molecule has 1 heterocycles. The number of aromatic nitrogens is 1. The van der Waals surface area contributed by atoms with E-state index in [1.807, 2.05) is 54.7 Å². The molecule has 0 aliphatic carbocycles. The lowest BCUT2D eigenvalue weighted by Gasteiger charge is -2.13. The van der Waals surface area contributed by atoms with Crippen LogP contribution in [0, 0.1) is 0 Å². The van der Waals surface area contributed by atoms with Crippen LogP contribution >= 0.6 is 0 Å². The molecular formula is C19H20N4O2. The maximum absolute atomic E-state index is 12.1. The molecule has 2 aromatic carbocycles. The monoisotopic (exact) mass is 336 g/mol. The number of aromatic amines is 1. The highest BCUT2D eigenvalue weighted by Gasteiger charge is 2.11. The summed E-state index contributed by atoms with van der Waals surface area (Å²) in [6.45, 7) is 1.78. The number of rotatable bonds is 6. The predicted octanol–water partition coefficient (Wildman–Crippen LogP) is 3.13. The molecule has 1 unspecified atom stereocenters. The number of hydrazone groups is 1. The number of ether oxygens (including phenoxy) is 1. The maximum Gasteiger partial charge on any atom is 0.262 e. The van der Waals surface area contributed by atoms with Crippen molar-refractivity contribution in [2.75, 3.05) is 12.4 Å². The lowest BCUT2D eigenvalue weighted by Crippen LogP contribution is -2.34. The molecule has 0 saturated heterocycles. The van der Waals surface area contributed by atoms with E-state index in [2.05, 4.69) is 20.8 Å². The van der Waals surface area contributed by atoms with E-state index in [1.165, 1.54) is 0 Å². The highest BCUT2D eigenvalue weighted by molar-refractivity contribution is 5.99. The number of carbonyl (C=O) groups excluding carboxylic acids is 1. The Morgan fingerprint density at radius 1 is 1.20 bits per heavy atom. The average Bonchev–Trinajstić information content (AvgIpc) is 3.05. The van der Waals surface area contributed by atoms with Crippen LogP contribution in [0.15, 0.2) is 59.8 Å². The van der Waals surface area contributed by atoms with E-state index in [0.29, 0.717) is 0 Å². The molecule has 1 aromatic heterocycles. The molecule has 0 fully saturated rings. The Kier molecular flexibility index (Phi) is 4.99. The van der Waals surface area contributed by atoms with Crippen molar-refractivity contribution in [2.45, 2.75) is 13.0 Å². The van der Waals surface area contributed by atoms with E-state index < -0.39 is 6.04 Å². The quantitative estimate of drug-likeness (QED) is 0.478. The number of nitrogens with one attached hydrogen (secondary N) is 3. The second kappa shape index (κ2) is 7.53. The van der Waals surface area contributed by atoms with Crippen LogP contribution in [0.5, 0.6) is 5.75 Å². The second-order valence-corrected chi connectivity index (χ2v) is 5.62. The molecule has 1 amide bonds. The number of hydrogen-bond donors (Lipinski definition) is 3. The Bertz CT molecular complexity index is 884. The summed E-state index contributed by atoms with van der Waals surface area (Å²) in [5.74, 6) is 0.554. The maximum atomic E-state index is 12.1. The van der Waals surface area contributed by atoms with E-state index in [9.17, 15) is 4.79 Å². The van der Waals surface area contributed by atoms with Crippen LogP contribution in [0.1, 0.15) is 12.5 Å². The second-order valence-electron chi connectivity index (χ2n) is 5.62. The number of fused-ring (bicyclic) bond motifs is 1. The van der Waals surface area contributed by atoms with Crippen LogP contribution in [0.25, 0.3) is 10.9 Å². The van der Waals surface area contributed by atoms with Crippen molar-refractivity contribution < 1.29 is 9.53 Å². The van der Waals surface area contributed by atoms with E-state index in [4.69, 9.17) is 4.74 Å². The van der Waals surface area contributed by atoms with Crippen LogP contribution in [0.3, 0.4) is 0 Å². The Hall–Kier alpha value is -3.28. The molecule has 25 heavy (non-hydrogen) atoms. The molecule has 128 valence electrons. The molecule has 0 radical (unpaired) electrons. The number of H-pyrrole nitrogens is 1. The number of carbonyl (C=O) groups is 1. The first-order chi connectivity index (χ1) is 12.2. The number of amides is 1. The molecule has 6 nitrogen and oxygen atoms in total. The van der Waals surface area contributed by atoms with Gasteiger partial charge in [0.15, 0.2) is 0 Å². The third-order valence-corrected chi connectivity index (χ3v) is 3.87.